The summed E-state index contributed by atoms with van der Waals surface area (Å²) in [5.74, 6) is -0.532. The number of alkyl halides is 1. The van der Waals surface area contributed by atoms with Crippen molar-refractivity contribution in [3.8, 4) is 0 Å². The molecule has 0 spiro atoms. The van der Waals surface area contributed by atoms with E-state index in [0.717, 1.165) is 0 Å². The third kappa shape index (κ3) is 4.49. The van der Waals surface area contributed by atoms with Crippen LogP contribution >= 0.6 is 39.1 Å². The molecule has 0 saturated carbocycles. The van der Waals surface area contributed by atoms with Gasteiger partial charge < -0.3 is 4.74 Å². The molecule has 0 fully saturated rings. The lowest BCUT2D eigenvalue weighted by Gasteiger charge is -2.08. The Kier molecular flexibility index (Phi) is 6.49. The van der Waals surface area contributed by atoms with Gasteiger partial charge in [0.25, 0.3) is 0 Å². The first-order valence-electron chi connectivity index (χ1n) is 3.97. The second-order valence-electron chi connectivity index (χ2n) is 2.67. The molecule has 0 aliphatic carbocycles. The summed E-state index contributed by atoms with van der Waals surface area (Å²) in [6, 6.07) is 0. The summed E-state index contributed by atoms with van der Waals surface area (Å²) in [5.41, 5.74) is 0.300. The van der Waals surface area contributed by atoms with E-state index in [1.165, 1.54) is 0 Å². The molecule has 0 aromatic carbocycles. The van der Waals surface area contributed by atoms with Gasteiger partial charge in [-0.05, 0) is 29.3 Å². The number of ether oxygens (including phenoxy) is 1. The van der Waals surface area contributed by atoms with Crippen LogP contribution in [0.25, 0.3) is 0 Å². The summed E-state index contributed by atoms with van der Waals surface area (Å²) in [6.07, 6.45) is 0.653. The molecule has 0 heterocycles. The van der Waals surface area contributed by atoms with Crippen molar-refractivity contribution in [3.05, 3.63) is 21.9 Å². The fraction of sp³-hybridized carbons (Fsp3) is 0.444. The Morgan fingerprint density at radius 3 is 2.50 bits per heavy atom. The zero-order chi connectivity index (χ0) is 11.3. The van der Waals surface area contributed by atoms with E-state index in [1.807, 2.05) is 6.92 Å². The highest BCUT2D eigenvalue weighted by atomic mass is 79.9. The quantitative estimate of drug-likeness (QED) is 0.340. The minimum Gasteiger partial charge on any atom is -0.414 e. The molecule has 80 valence electrons. The van der Waals surface area contributed by atoms with Crippen LogP contribution in [0.3, 0.4) is 0 Å². The molecule has 0 bridgehead atoms. The number of halogens is 3. The SMILES string of the molecule is C=C(C)C(=O)O/C(Br)=C(\Cl)C(Cl)CC. The Morgan fingerprint density at radius 1 is 1.64 bits per heavy atom. The summed E-state index contributed by atoms with van der Waals surface area (Å²) >= 11 is 14.7. The summed E-state index contributed by atoms with van der Waals surface area (Å²) in [6.45, 7) is 6.86. The van der Waals surface area contributed by atoms with Gasteiger partial charge in [0.1, 0.15) is 0 Å². The minimum atomic E-state index is -0.532. The largest absolute Gasteiger partial charge is 0.414 e. The number of rotatable bonds is 4. The monoisotopic (exact) mass is 300 g/mol. The predicted octanol–water partition coefficient (Wildman–Crippen LogP) is 3.93. The van der Waals surface area contributed by atoms with Crippen LogP contribution in [0.2, 0.25) is 0 Å². The minimum absolute atomic E-state index is 0.147. The van der Waals surface area contributed by atoms with Crippen molar-refractivity contribution in [2.24, 2.45) is 0 Å². The third-order valence-electron chi connectivity index (χ3n) is 1.35. The number of carbonyl (C=O) groups excluding carboxylic acids is 1. The number of allylic oxidation sites excluding steroid dienone is 1. The number of hydrogen-bond acceptors (Lipinski definition) is 2. The van der Waals surface area contributed by atoms with Crippen LogP contribution in [-0.4, -0.2) is 11.3 Å². The standard InChI is InChI=1S/C9H11BrCl2O2/c1-4-6(11)7(12)8(10)14-9(13)5(2)3/h6H,2,4H2,1,3H3/b8-7-. The average Bonchev–Trinajstić information content (AvgIpc) is 2.14. The molecule has 14 heavy (non-hydrogen) atoms. The Labute approximate surface area is 102 Å². The van der Waals surface area contributed by atoms with Gasteiger partial charge in [0.15, 0.2) is 4.67 Å². The van der Waals surface area contributed by atoms with Gasteiger partial charge in [0.2, 0.25) is 0 Å². The molecule has 0 rings (SSSR count). The van der Waals surface area contributed by atoms with Gasteiger partial charge in [-0.3, -0.25) is 0 Å². The van der Waals surface area contributed by atoms with E-state index in [1.54, 1.807) is 6.92 Å². The van der Waals surface area contributed by atoms with Crippen molar-refractivity contribution >= 4 is 45.1 Å². The molecule has 5 heteroatoms. The number of esters is 1. The van der Waals surface area contributed by atoms with Crippen LogP contribution in [0, 0.1) is 0 Å². The molecule has 0 aromatic heterocycles. The van der Waals surface area contributed by atoms with Crippen molar-refractivity contribution in [2.75, 3.05) is 0 Å². The number of hydrogen-bond donors (Lipinski definition) is 0. The Hall–Kier alpha value is 0.01000. The van der Waals surface area contributed by atoms with Crippen molar-refractivity contribution in [1.82, 2.24) is 0 Å². The molecule has 0 amide bonds. The molecule has 0 aromatic rings. The highest BCUT2D eigenvalue weighted by Crippen LogP contribution is 2.26. The van der Waals surface area contributed by atoms with Crippen molar-refractivity contribution in [2.45, 2.75) is 25.6 Å². The topological polar surface area (TPSA) is 26.3 Å². The van der Waals surface area contributed by atoms with E-state index in [0.29, 0.717) is 12.0 Å². The average molecular weight is 302 g/mol. The second-order valence-corrected chi connectivity index (χ2v) is 4.32. The molecule has 0 aliphatic rings. The van der Waals surface area contributed by atoms with Crippen LogP contribution in [-0.2, 0) is 9.53 Å². The molecular formula is C9H11BrCl2O2. The van der Waals surface area contributed by atoms with Gasteiger partial charge in [0, 0.05) is 5.57 Å². The molecular weight excluding hydrogens is 291 g/mol. The van der Waals surface area contributed by atoms with Crippen LogP contribution in [0.1, 0.15) is 20.3 Å². The fourth-order valence-electron chi connectivity index (χ4n) is 0.520. The van der Waals surface area contributed by atoms with Crippen molar-refractivity contribution in [3.63, 3.8) is 0 Å². The molecule has 2 nitrogen and oxygen atoms in total. The molecule has 0 aliphatic heterocycles. The first-order chi connectivity index (χ1) is 6.40. The van der Waals surface area contributed by atoms with E-state index in [4.69, 9.17) is 27.9 Å². The van der Waals surface area contributed by atoms with E-state index >= 15 is 0 Å². The number of carbonyl (C=O) groups is 1. The lowest BCUT2D eigenvalue weighted by molar-refractivity contribution is -0.133. The molecule has 0 radical (unpaired) electrons. The van der Waals surface area contributed by atoms with Gasteiger partial charge in [-0.25, -0.2) is 4.79 Å². The van der Waals surface area contributed by atoms with Crippen LogP contribution in [0.15, 0.2) is 21.9 Å². The van der Waals surface area contributed by atoms with Gasteiger partial charge in [-0.1, -0.05) is 25.1 Å². The summed E-state index contributed by atoms with van der Waals surface area (Å²) < 4.78 is 4.99. The summed E-state index contributed by atoms with van der Waals surface area (Å²) in [4.78, 5) is 11.1. The zero-order valence-electron chi connectivity index (χ0n) is 7.94. The maximum Gasteiger partial charge on any atom is 0.339 e. The van der Waals surface area contributed by atoms with Crippen molar-refractivity contribution < 1.29 is 9.53 Å². The maximum absolute atomic E-state index is 11.1. The van der Waals surface area contributed by atoms with Gasteiger partial charge in [-0.15, -0.1) is 11.6 Å². The Bertz CT molecular complexity index is 274. The second kappa shape index (κ2) is 6.49. The molecule has 0 N–H and O–H groups in total. The van der Waals surface area contributed by atoms with E-state index in [9.17, 15) is 4.79 Å². The lowest BCUT2D eigenvalue weighted by atomic mass is 10.3. The predicted molar refractivity (Wildman–Crippen MR) is 62.6 cm³/mol. The molecule has 0 saturated heterocycles. The smallest absolute Gasteiger partial charge is 0.339 e. The zero-order valence-corrected chi connectivity index (χ0v) is 11.0. The first kappa shape index (κ1) is 14.0. The van der Waals surface area contributed by atoms with Gasteiger partial charge in [-0.2, -0.15) is 0 Å². The van der Waals surface area contributed by atoms with E-state index < -0.39 is 5.97 Å². The summed E-state index contributed by atoms with van der Waals surface area (Å²) in [7, 11) is 0. The Balaban J connectivity index is 4.52. The molecule has 1 atom stereocenters. The van der Waals surface area contributed by atoms with E-state index in [2.05, 4.69) is 22.5 Å². The lowest BCUT2D eigenvalue weighted by Crippen LogP contribution is -2.06. The maximum atomic E-state index is 11.1. The van der Waals surface area contributed by atoms with Gasteiger partial charge in [0.05, 0.1) is 10.4 Å². The van der Waals surface area contributed by atoms with E-state index in [-0.39, 0.29) is 15.1 Å². The van der Waals surface area contributed by atoms with Crippen LogP contribution in [0.4, 0.5) is 0 Å². The molecule has 1 unspecified atom stereocenters. The van der Waals surface area contributed by atoms with Crippen LogP contribution in [0.5, 0.6) is 0 Å². The highest BCUT2D eigenvalue weighted by Gasteiger charge is 2.15. The van der Waals surface area contributed by atoms with Crippen LogP contribution < -0.4 is 0 Å². The third-order valence-corrected chi connectivity index (χ3v) is 3.24. The fourth-order valence-corrected chi connectivity index (χ4v) is 1.37. The van der Waals surface area contributed by atoms with Crippen molar-refractivity contribution in [1.29, 1.82) is 0 Å². The summed E-state index contributed by atoms with van der Waals surface area (Å²) in [5, 5.41) is -0.0762. The first-order valence-corrected chi connectivity index (χ1v) is 5.57. The van der Waals surface area contributed by atoms with Gasteiger partial charge >= 0.3 is 5.97 Å². The highest BCUT2D eigenvalue weighted by molar-refractivity contribution is 9.11. The Morgan fingerprint density at radius 2 is 2.14 bits per heavy atom. The normalized spacial score (nSPS) is 14.4.